The topological polar surface area (TPSA) is 0 Å². The normalized spacial score (nSPS) is 8.88. The van der Waals surface area contributed by atoms with Crippen molar-refractivity contribution in [2.75, 3.05) is 0 Å². The van der Waals surface area contributed by atoms with E-state index in [1.165, 1.54) is 11.1 Å². The molecule has 0 aliphatic carbocycles. The van der Waals surface area contributed by atoms with Crippen LogP contribution in [0.4, 0.5) is 0 Å². The molecule has 72 valence electrons. The molecule has 0 saturated carbocycles. The number of hydrogen-bond acceptors (Lipinski definition) is 2. The van der Waals surface area contributed by atoms with Gasteiger partial charge in [0.05, 0.1) is 0 Å². The molecule has 2 rings (SSSR count). The third kappa shape index (κ3) is 5.59. The maximum absolute atomic E-state index is 4.25. The Hall–Kier alpha value is 2.41. The van der Waals surface area contributed by atoms with E-state index in [4.69, 9.17) is 0 Å². The Bertz CT molecular complexity index is 380. The minimum Gasteiger partial charge on any atom is -0.143 e. The second-order valence-corrected chi connectivity index (χ2v) is 4.13. The Balaban J connectivity index is 0.00000112. The van der Waals surface area contributed by atoms with Crippen molar-refractivity contribution in [3.63, 3.8) is 0 Å². The van der Waals surface area contributed by atoms with Crippen molar-refractivity contribution in [3.05, 3.63) is 48.5 Å². The van der Waals surface area contributed by atoms with E-state index in [9.17, 15) is 0 Å². The van der Waals surface area contributed by atoms with Crippen molar-refractivity contribution < 1.29 is 0 Å². The first-order chi connectivity index (χ1) is 6.75. The van der Waals surface area contributed by atoms with E-state index < -0.39 is 0 Å². The van der Waals surface area contributed by atoms with Crippen LogP contribution >= 0.6 is 25.3 Å². The van der Waals surface area contributed by atoms with Crippen LogP contribution in [0.15, 0.2) is 58.3 Å². The maximum Gasteiger partial charge on any atom is 0.00404 e. The second-order valence-electron chi connectivity index (χ2n) is 3.09. The minimum atomic E-state index is 0. The minimum absolute atomic E-state index is 0. The van der Waals surface area contributed by atoms with Crippen LogP contribution in [0.25, 0.3) is 11.1 Å². The molecule has 0 spiro atoms. The van der Waals surface area contributed by atoms with Gasteiger partial charge in [-0.15, -0.1) is 25.3 Å². The Morgan fingerprint density at radius 3 is 1.00 bits per heavy atom. The first-order valence-electron chi connectivity index (χ1n) is 4.34. The fourth-order valence-corrected chi connectivity index (χ4v) is 1.61. The zero-order chi connectivity index (χ0) is 9.97. The van der Waals surface area contributed by atoms with Crippen molar-refractivity contribution in [2.45, 2.75) is 9.79 Å². The zero-order valence-corrected chi connectivity index (χ0v) is 17.5. The van der Waals surface area contributed by atoms with Gasteiger partial charge >= 0.3 is 0 Å². The largest absolute Gasteiger partial charge is 0.143 e. The standard InChI is InChI=1S/C12H10S2.2K/c13-11-5-1-9(2-6-11)10-3-7-12(14)8-4-10;;/h1-8,13-14H;;. The Morgan fingerprint density at radius 1 is 0.500 bits per heavy atom. The van der Waals surface area contributed by atoms with E-state index in [0.29, 0.717) is 0 Å². The average Bonchev–Trinajstić information content (AvgIpc) is 2.21. The fourth-order valence-electron chi connectivity index (χ4n) is 1.31. The smallest absolute Gasteiger partial charge is 0.00404 e. The SMILES string of the molecule is Sc1ccc(-c2ccc(S)cc2)cc1.[K].[K]. The third-order valence-corrected chi connectivity index (χ3v) is 2.66. The van der Waals surface area contributed by atoms with Gasteiger partial charge in [0.1, 0.15) is 0 Å². The third-order valence-electron chi connectivity index (χ3n) is 2.07. The van der Waals surface area contributed by atoms with Crippen LogP contribution in [0.2, 0.25) is 0 Å². The summed E-state index contributed by atoms with van der Waals surface area (Å²) in [6.07, 6.45) is 0. The molecule has 16 heavy (non-hydrogen) atoms. The molecule has 0 atom stereocenters. The number of hydrogen-bond donors (Lipinski definition) is 2. The van der Waals surface area contributed by atoms with E-state index in [0.717, 1.165) is 9.79 Å². The Morgan fingerprint density at radius 2 is 0.750 bits per heavy atom. The molecule has 0 heterocycles. The first-order valence-corrected chi connectivity index (χ1v) is 5.23. The van der Waals surface area contributed by atoms with Gasteiger partial charge in [-0.1, -0.05) is 24.3 Å². The van der Waals surface area contributed by atoms with E-state index in [2.05, 4.69) is 49.5 Å². The summed E-state index contributed by atoms with van der Waals surface area (Å²) in [5.41, 5.74) is 2.41. The average molecular weight is 297 g/mol. The second kappa shape index (κ2) is 9.34. The van der Waals surface area contributed by atoms with E-state index >= 15 is 0 Å². The summed E-state index contributed by atoms with van der Waals surface area (Å²) in [7, 11) is 0. The predicted octanol–water partition coefficient (Wildman–Crippen LogP) is 3.17. The van der Waals surface area contributed by atoms with Gasteiger partial charge in [0.15, 0.2) is 0 Å². The number of thiol groups is 2. The summed E-state index contributed by atoms with van der Waals surface area (Å²) in [5, 5.41) is 0. The van der Waals surface area contributed by atoms with Crippen LogP contribution in [0.5, 0.6) is 0 Å². The Kier molecular flexibility index (Phi) is 10.7. The molecular formula is C12H10K2S2. The van der Waals surface area contributed by atoms with E-state index in [-0.39, 0.29) is 103 Å². The molecule has 0 saturated heterocycles. The molecule has 0 fully saturated rings. The molecule has 0 unspecified atom stereocenters. The summed E-state index contributed by atoms with van der Waals surface area (Å²) in [6.45, 7) is 0. The molecule has 0 aliphatic rings. The summed E-state index contributed by atoms with van der Waals surface area (Å²) in [5.74, 6) is 0. The number of rotatable bonds is 1. The zero-order valence-electron chi connectivity index (χ0n) is 9.51. The maximum atomic E-state index is 4.25. The van der Waals surface area contributed by atoms with Crippen molar-refractivity contribution in [1.29, 1.82) is 0 Å². The van der Waals surface area contributed by atoms with Crippen LogP contribution in [-0.4, -0.2) is 103 Å². The van der Waals surface area contributed by atoms with Gasteiger partial charge in [-0.05, 0) is 35.4 Å². The molecule has 4 heteroatoms. The molecule has 0 amide bonds. The predicted molar refractivity (Wildman–Crippen MR) is 77.9 cm³/mol. The van der Waals surface area contributed by atoms with Gasteiger partial charge in [0, 0.05) is 113 Å². The van der Waals surface area contributed by atoms with Gasteiger partial charge in [-0.2, -0.15) is 0 Å². The van der Waals surface area contributed by atoms with E-state index in [1.807, 2.05) is 24.3 Å². The van der Waals surface area contributed by atoms with E-state index in [1.54, 1.807) is 0 Å². The summed E-state index contributed by atoms with van der Waals surface area (Å²) < 4.78 is 0. The monoisotopic (exact) mass is 296 g/mol. The molecule has 2 aromatic carbocycles. The molecule has 2 aromatic rings. The summed E-state index contributed by atoms with van der Waals surface area (Å²) in [4.78, 5) is 1.97. The molecule has 0 aromatic heterocycles. The first kappa shape index (κ1) is 18.4. The van der Waals surface area contributed by atoms with Gasteiger partial charge in [0.2, 0.25) is 0 Å². The molecule has 0 nitrogen and oxygen atoms in total. The van der Waals surface area contributed by atoms with Gasteiger partial charge < -0.3 is 0 Å². The van der Waals surface area contributed by atoms with Crippen molar-refractivity contribution >= 4 is 128 Å². The quantitative estimate of drug-likeness (QED) is 0.586. The van der Waals surface area contributed by atoms with Crippen LogP contribution in [0, 0.1) is 0 Å². The molecule has 0 bridgehead atoms. The molecule has 0 aliphatic heterocycles. The van der Waals surface area contributed by atoms with Crippen molar-refractivity contribution in [1.82, 2.24) is 0 Å². The van der Waals surface area contributed by atoms with Gasteiger partial charge in [-0.25, -0.2) is 0 Å². The summed E-state index contributed by atoms with van der Waals surface area (Å²) in [6, 6.07) is 16.2. The van der Waals surface area contributed by atoms with Gasteiger partial charge in [-0.3, -0.25) is 0 Å². The molecule has 0 N–H and O–H groups in total. The van der Waals surface area contributed by atoms with Crippen LogP contribution < -0.4 is 0 Å². The van der Waals surface area contributed by atoms with Crippen LogP contribution in [0.3, 0.4) is 0 Å². The van der Waals surface area contributed by atoms with Crippen LogP contribution in [-0.2, 0) is 0 Å². The van der Waals surface area contributed by atoms with Crippen LogP contribution in [0.1, 0.15) is 0 Å². The summed E-state index contributed by atoms with van der Waals surface area (Å²) >= 11 is 8.50. The Labute approximate surface area is 193 Å². The fraction of sp³-hybridized carbons (Fsp3) is 0. The van der Waals surface area contributed by atoms with Crippen molar-refractivity contribution in [2.24, 2.45) is 0 Å². The van der Waals surface area contributed by atoms with Crippen molar-refractivity contribution in [3.8, 4) is 11.1 Å². The molecular weight excluding hydrogens is 286 g/mol. The number of benzene rings is 2. The molecule has 2 radical (unpaired) electrons. The van der Waals surface area contributed by atoms with Gasteiger partial charge in [0.25, 0.3) is 0 Å².